The summed E-state index contributed by atoms with van der Waals surface area (Å²) in [6.45, 7) is 13.4. The van der Waals surface area contributed by atoms with E-state index in [1.807, 2.05) is 39.8 Å². The van der Waals surface area contributed by atoms with Gasteiger partial charge >= 0.3 is 5.97 Å². The first kappa shape index (κ1) is 36.0. The highest BCUT2D eigenvalue weighted by molar-refractivity contribution is 5.75. The maximum absolute atomic E-state index is 12.7. The Hall–Kier alpha value is -2.07. The number of rotatable bonds is 16. The van der Waals surface area contributed by atoms with Crippen molar-refractivity contribution in [2.75, 3.05) is 6.54 Å². The third-order valence-electron chi connectivity index (χ3n) is 7.71. The fourth-order valence-electron chi connectivity index (χ4n) is 5.26. The predicted molar refractivity (Wildman–Crippen MR) is 174 cm³/mol. The van der Waals surface area contributed by atoms with E-state index in [4.69, 9.17) is 4.74 Å². The van der Waals surface area contributed by atoms with Crippen molar-refractivity contribution >= 4 is 5.97 Å². The molecular formula is C36H62N2O2. The minimum absolute atomic E-state index is 0.00843. The van der Waals surface area contributed by atoms with Crippen molar-refractivity contribution in [2.45, 2.75) is 150 Å². The molecule has 40 heavy (non-hydrogen) atoms. The average molecular weight is 555 g/mol. The van der Waals surface area contributed by atoms with Gasteiger partial charge < -0.3 is 10.1 Å². The van der Waals surface area contributed by atoms with Gasteiger partial charge in [-0.05, 0) is 74.4 Å². The molecule has 2 N–H and O–H groups in total. The number of allylic oxidation sites excluding steroid dienone is 2. The lowest BCUT2D eigenvalue weighted by Crippen LogP contribution is -2.37. The van der Waals surface area contributed by atoms with Crippen LogP contribution < -0.4 is 15.4 Å². The van der Waals surface area contributed by atoms with Crippen LogP contribution in [0.2, 0.25) is 0 Å². The van der Waals surface area contributed by atoms with Crippen LogP contribution in [0.4, 0.5) is 0 Å². The number of benzene rings is 1. The molecule has 1 heterocycles. The Bertz CT molecular complexity index is 828. The fraction of sp³-hybridized carbons (Fsp3) is 0.694. The Balaban J connectivity index is 0.00000191. The SMILES string of the molecule is CC.CC.CCCCCCCCCCC1=CNC(c2ccc(OC(=O)C3CC=C(CCCCC)CC3)cc2)NC1. The van der Waals surface area contributed by atoms with Crippen molar-refractivity contribution < 1.29 is 9.53 Å². The molecular weight excluding hydrogens is 492 g/mol. The summed E-state index contributed by atoms with van der Waals surface area (Å²) < 4.78 is 5.72. The smallest absolute Gasteiger partial charge is 0.314 e. The van der Waals surface area contributed by atoms with E-state index in [-0.39, 0.29) is 18.1 Å². The van der Waals surface area contributed by atoms with Crippen molar-refractivity contribution in [3.8, 4) is 5.75 Å². The molecule has 1 aromatic rings. The maximum Gasteiger partial charge on any atom is 0.314 e. The van der Waals surface area contributed by atoms with Crippen LogP contribution in [-0.2, 0) is 4.79 Å². The number of unbranched alkanes of at least 4 members (excludes halogenated alkanes) is 9. The van der Waals surface area contributed by atoms with Crippen LogP contribution in [-0.4, -0.2) is 12.5 Å². The van der Waals surface area contributed by atoms with Gasteiger partial charge in [0.15, 0.2) is 0 Å². The van der Waals surface area contributed by atoms with Crippen molar-refractivity contribution in [2.24, 2.45) is 5.92 Å². The van der Waals surface area contributed by atoms with Gasteiger partial charge in [-0.1, -0.05) is 123 Å². The molecule has 0 amide bonds. The monoisotopic (exact) mass is 554 g/mol. The maximum atomic E-state index is 12.7. The van der Waals surface area contributed by atoms with E-state index in [2.05, 4.69) is 48.9 Å². The van der Waals surface area contributed by atoms with Gasteiger partial charge in [0.1, 0.15) is 11.9 Å². The normalized spacial score (nSPS) is 18.1. The van der Waals surface area contributed by atoms with Gasteiger partial charge in [-0.2, -0.15) is 0 Å². The lowest BCUT2D eigenvalue weighted by Gasteiger charge is -2.26. The van der Waals surface area contributed by atoms with E-state index >= 15 is 0 Å². The molecule has 0 saturated heterocycles. The molecule has 0 aromatic heterocycles. The van der Waals surface area contributed by atoms with E-state index in [9.17, 15) is 4.79 Å². The van der Waals surface area contributed by atoms with E-state index in [0.717, 1.165) is 31.4 Å². The van der Waals surface area contributed by atoms with Gasteiger partial charge in [0.05, 0.1) is 5.92 Å². The summed E-state index contributed by atoms with van der Waals surface area (Å²) in [6, 6.07) is 7.95. The minimum atomic E-state index is -0.0888. The molecule has 1 aliphatic heterocycles. The highest BCUT2D eigenvalue weighted by Gasteiger charge is 2.23. The Kier molecular flexibility index (Phi) is 21.2. The lowest BCUT2D eigenvalue weighted by atomic mass is 9.87. The van der Waals surface area contributed by atoms with Gasteiger partial charge in [0.2, 0.25) is 0 Å². The molecule has 2 unspecified atom stereocenters. The highest BCUT2D eigenvalue weighted by Crippen LogP contribution is 2.29. The van der Waals surface area contributed by atoms with Gasteiger partial charge in [0.25, 0.3) is 0 Å². The molecule has 228 valence electrons. The molecule has 0 spiro atoms. The number of hydrogen-bond acceptors (Lipinski definition) is 4. The molecule has 1 aromatic carbocycles. The number of hydrogen-bond donors (Lipinski definition) is 2. The second-order valence-electron chi connectivity index (χ2n) is 10.8. The van der Waals surface area contributed by atoms with Crippen molar-refractivity contribution in [3.05, 3.63) is 53.3 Å². The van der Waals surface area contributed by atoms with E-state index in [0.29, 0.717) is 5.75 Å². The first-order valence-corrected chi connectivity index (χ1v) is 16.9. The Morgan fingerprint density at radius 1 is 0.800 bits per heavy atom. The molecule has 4 nitrogen and oxygen atoms in total. The standard InChI is InChI=1S/C32H50N2O2.2C2H6/c1-3-5-7-8-9-10-11-13-15-27-24-33-31(34-25-27)28-20-22-30(23-21-28)36-32(35)29-18-16-26(17-19-29)14-12-6-4-2;2*1-2/h16,20-24,29,31,33-34H,3-15,17-19,25H2,1-2H3;2*1-2H3. The first-order valence-electron chi connectivity index (χ1n) is 16.9. The molecule has 2 atom stereocenters. The van der Waals surface area contributed by atoms with Gasteiger partial charge in [0, 0.05) is 6.54 Å². The van der Waals surface area contributed by atoms with Gasteiger partial charge in [-0.15, -0.1) is 0 Å². The molecule has 0 bridgehead atoms. The van der Waals surface area contributed by atoms with E-state index < -0.39 is 0 Å². The van der Waals surface area contributed by atoms with Crippen molar-refractivity contribution in [3.63, 3.8) is 0 Å². The predicted octanol–water partition coefficient (Wildman–Crippen LogP) is 10.6. The first-order chi connectivity index (χ1) is 19.7. The zero-order valence-corrected chi connectivity index (χ0v) is 27.0. The Morgan fingerprint density at radius 3 is 1.95 bits per heavy atom. The Morgan fingerprint density at radius 2 is 1.38 bits per heavy atom. The number of carbonyl (C=O) groups excluding carboxylic acids is 1. The number of ether oxygens (including phenoxy) is 1. The molecule has 0 radical (unpaired) electrons. The van der Waals surface area contributed by atoms with Crippen LogP contribution in [0.1, 0.15) is 156 Å². The lowest BCUT2D eigenvalue weighted by molar-refractivity contribution is -0.139. The van der Waals surface area contributed by atoms with Crippen molar-refractivity contribution in [1.29, 1.82) is 0 Å². The summed E-state index contributed by atoms with van der Waals surface area (Å²) in [5.41, 5.74) is 4.15. The summed E-state index contributed by atoms with van der Waals surface area (Å²) in [4.78, 5) is 12.7. The fourth-order valence-corrected chi connectivity index (χ4v) is 5.26. The molecule has 0 fully saturated rings. The summed E-state index contributed by atoms with van der Waals surface area (Å²) in [7, 11) is 0. The molecule has 3 rings (SSSR count). The summed E-state index contributed by atoms with van der Waals surface area (Å²) in [5.74, 6) is 0.545. The van der Waals surface area contributed by atoms with Crippen LogP contribution in [0.25, 0.3) is 0 Å². The average Bonchev–Trinajstić information content (AvgIpc) is 3.02. The number of carbonyl (C=O) groups is 1. The second kappa shape index (κ2) is 23.6. The van der Waals surface area contributed by atoms with Crippen LogP contribution in [0.5, 0.6) is 5.75 Å². The Labute approximate surface area is 247 Å². The molecule has 4 heteroatoms. The third-order valence-corrected chi connectivity index (χ3v) is 7.71. The van der Waals surface area contributed by atoms with Crippen LogP contribution in [0.3, 0.4) is 0 Å². The van der Waals surface area contributed by atoms with Gasteiger partial charge in [-0.25, -0.2) is 0 Å². The largest absolute Gasteiger partial charge is 0.426 e. The quantitative estimate of drug-likeness (QED) is 0.0923. The highest BCUT2D eigenvalue weighted by atomic mass is 16.5. The second-order valence-corrected chi connectivity index (χ2v) is 10.8. The topological polar surface area (TPSA) is 50.4 Å². The van der Waals surface area contributed by atoms with Crippen LogP contribution in [0, 0.1) is 5.92 Å². The minimum Gasteiger partial charge on any atom is -0.426 e. The number of esters is 1. The number of nitrogens with one attached hydrogen (secondary N) is 2. The van der Waals surface area contributed by atoms with Crippen LogP contribution in [0.15, 0.2) is 47.7 Å². The molecule has 0 saturated carbocycles. The summed E-state index contributed by atoms with van der Waals surface area (Å²) >= 11 is 0. The van der Waals surface area contributed by atoms with E-state index in [1.165, 1.54) is 94.6 Å². The summed E-state index contributed by atoms with van der Waals surface area (Å²) in [6.07, 6.45) is 24.4. The van der Waals surface area contributed by atoms with Crippen molar-refractivity contribution in [1.82, 2.24) is 10.6 Å². The van der Waals surface area contributed by atoms with E-state index in [1.54, 1.807) is 0 Å². The zero-order valence-electron chi connectivity index (χ0n) is 27.0. The zero-order chi connectivity index (χ0) is 29.4. The van der Waals surface area contributed by atoms with Gasteiger partial charge in [-0.3, -0.25) is 10.1 Å². The summed E-state index contributed by atoms with van der Waals surface area (Å²) in [5, 5.41) is 7.11. The van der Waals surface area contributed by atoms with Crippen LogP contribution >= 0.6 is 0 Å². The third kappa shape index (κ3) is 14.5. The molecule has 1 aliphatic carbocycles. The molecule has 2 aliphatic rings.